The molecule has 35 heavy (non-hydrogen) atoms. The van der Waals surface area contributed by atoms with Gasteiger partial charge in [0.25, 0.3) is 0 Å². The Morgan fingerprint density at radius 3 is 2.34 bits per heavy atom. The Hall–Kier alpha value is -2.88. The molecule has 5 rings (SSSR count). The zero-order valence-electron chi connectivity index (χ0n) is 19.2. The molecule has 0 spiro atoms. The third-order valence-electron chi connectivity index (χ3n) is 6.47. The molecule has 6 nitrogen and oxygen atoms in total. The van der Waals surface area contributed by atoms with Crippen LogP contribution in [-0.4, -0.2) is 41.1 Å². The molecule has 1 N–H and O–H groups in total. The van der Waals surface area contributed by atoms with Crippen LogP contribution in [0.1, 0.15) is 36.1 Å². The van der Waals surface area contributed by atoms with Crippen LogP contribution in [0.5, 0.6) is 0 Å². The van der Waals surface area contributed by atoms with Crippen molar-refractivity contribution in [2.75, 3.05) is 41.3 Å². The molecular formula is C25H26BrF3N6. The summed E-state index contributed by atoms with van der Waals surface area (Å²) in [5.41, 5.74) is 2.01. The summed E-state index contributed by atoms with van der Waals surface area (Å²) in [4.78, 5) is 17.8. The van der Waals surface area contributed by atoms with E-state index in [-0.39, 0.29) is 5.82 Å². The van der Waals surface area contributed by atoms with Gasteiger partial charge < -0.3 is 15.1 Å². The molecule has 2 aliphatic heterocycles. The topological polar surface area (TPSA) is 57.2 Å². The summed E-state index contributed by atoms with van der Waals surface area (Å²) >= 11 is 3.46. The van der Waals surface area contributed by atoms with Crippen LogP contribution in [0.15, 0.2) is 47.1 Å². The number of pyridine rings is 1. The van der Waals surface area contributed by atoms with Crippen LogP contribution in [0.25, 0.3) is 0 Å². The number of alkyl halides is 3. The largest absolute Gasteiger partial charge is 0.419 e. The van der Waals surface area contributed by atoms with Crippen molar-refractivity contribution < 1.29 is 13.2 Å². The molecule has 0 unspecified atom stereocenters. The van der Waals surface area contributed by atoms with E-state index in [0.29, 0.717) is 31.9 Å². The van der Waals surface area contributed by atoms with E-state index in [2.05, 4.69) is 31.1 Å². The monoisotopic (exact) mass is 546 g/mol. The Labute approximate surface area is 210 Å². The number of nitrogens with one attached hydrogen (secondary N) is 1. The standard InChI is InChI=1S/C25H26BrF3N6/c26-17-6-8-18(9-7-17)31-22-19-10-15-34(23-20(25(27,28)29)5-4-12-30-23)16-11-21(19)32-24(33-22)35-13-2-1-3-14-35/h4-9,12H,1-3,10-11,13-16H2,(H,31,32,33). The highest BCUT2D eigenvalue weighted by Crippen LogP contribution is 2.36. The number of anilines is 4. The maximum absolute atomic E-state index is 13.7. The Morgan fingerprint density at radius 2 is 1.60 bits per heavy atom. The van der Waals surface area contributed by atoms with Crippen molar-refractivity contribution in [3.63, 3.8) is 0 Å². The Kier molecular flexibility index (Phi) is 6.82. The molecule has 1 aromatic carbocycles. The molecule has 1 fully saturated rings. The van der Waals surface area contributed by atoms with Crippen molar-refractivity contribution in [3.8, 4) is 0 Å². The van der Waals surface area contributed by atoms with Crippen molar-refractivity contribution in [2.45, 2.75) is 38.3 Å². The quantitative estimate of drug-likeness (QED) is 0.433. The highest BCUT2D eigenvalue weighted by atomic mass is 79.9. The fourth-order valence-electron chi connectivity index (χ4n) is 4.68. The minimum Gasteiger partial charge on any atom is -0.355 e. The molecule has 3 aromatic rings. The van der Waals surface area contributed by atoms with Crippen molar-refractivity contribution in [2.24, 2.45) is 0 Å². The maximum atomic E-state index is 13.7. The average molecular weight is 547 g/mol. The van der Waals surface area contributed by atoms with E-state index in [0.717, 1.165) is 59.2 Å². The average Bonchev–Trinajstić information content (AvgIpc) is 3.08. The van der Waals surface area contributed by atoms with Gasteiger partial charge in [-0.05, 0) is 62.1 Å². The molecule has 0 amide bonds. The molecule has 1 saturated heterocycles. The van der Waals surface area contributed by atoms with Crippen molar-refractivity contribution >= 4 is 39.2 Å². The van der Waals surface area contributed by atoms with Gasteiger partial charge in [0.2, 0.25) is 5.95 Å². The molecule has 184 valence electrons. The van der Waals surface area contributed by atoms with Gasteiger partial charge in [0.05, 0.1) is 11.3 Å². The minimum atomic E-state index is -4.46. The molecule has 0 saturated carbocycles. The Balaban J connectivity index is 1.49. The number of fused-ring (bicyclic) bond motifs is 1. The predicted molar refractivity (Wildman–Crippen MR) is 134 cm³/mol. The van der Waals surface area contributed by atoms with Gasteiger partial charge in [-0.2, -0.15) is 18.2 Å². The van der Waals surface area contributed by atoms with E-state index in [4.69, 9.17) is 9.97 Å². The molecule has 0 atom stereocenters. The number of halogens is 4. The molecule has 0 radical (unpaired) electrons. The van der Waals surface area contributed by atoms with Gasteiger partial charge in [-0.1, -0.05) is 15.9 Å². The number of hydrogen-bond acceptors (Lipinski definition) is 6. The van der Waals surface area contributed by atoms with Crippen LogP contribution < -0.4 is 15.1 Å². The van der Waals surface area contributed by atoms with Crippen LogP contribution in [0, 0.1) is 0 Å². The lowest BCUT2D eigenvalue weighted by molar-refractivity contribution is -0.137. The normalized spacial score (nSPS) is 16.6. The summed E-state index contributed by atoms with van der Waals surface area (Å²) in [6, 6.07) is 10.3. The van der Waals surface area contributed by atoms with Crippen LogP contribution in [-0.2, 0) is 19.0 Å². The van der Waals surface area contributed by atoms with Crippen LogP contribution in [0.2, 0.25) is 0 Å². The van der Waals surface area contributed by atoms with Gasteiger partial charge in [-0.3, -0.25) is 0 Å². The molecule has 2 aliphatic rings. The summed E-state index contributed by atoms with van der Waals surface area (Å²) in [5, 5.41) is 3.44. The number of rotatable bonds is 4. The maximum Gasteiger partial charge on any atom is 0.419 e. The minimum absolute atomic E-state index is 0.0283. The summed E-state index contributed by atoms with van der Waals surface area (Å²) in [6.07, 6.45) is 1.39. The van der Waals surface area contributed by atoms with Crippen LogP contribution in [0.3, 0.4) is 0 Å². The van der Waals surface area contributed by atoms with Gasteiger partial charge in [-0.25, -0.2) is 9.97 Å². The van der Waals surface area contributed by atoms with E-state index in [9.17, 15) is 13.2 Å². The zero-order chi connectivity index (χ0) is 24.4. The van der Waals surface area contributed by atoms with E-state index in [1.165, 1.54) is 18.7 Å². The van der Waals surface area contributed by atoms with Crippen molar-refractivity contribution in [1.29, 1.82) is 0 Å². The zero-order valence-corrected chi connectivity index (χ0v) is 20.7. The first-order chi connectivity index (χ1) is 16.9. The van der Waals surface area contributed by atoms with Gasteiger partial charge >= 0.3 is 6.18 Å². The lowest BCUT2D eigenvalue weighted by Crippen LogP contribution is -2.31. The van der Waals surface area contributed by atoms with E-state index in [1.807, 2.05) is 24.3 Å². The second-order valence-electron chi connectivity index (χ2n) is 8.84. The highest BCUT2D eigenvalue weighted by Gasteiger charge is 2.36. The van der Waals surface area contributed by atoms with Crippen molar-refractivity contribution in [3.05, 3.63) is 63.9 Å². The third kappa shape index (κ3) is 5.37. The van der Waals surface area contributed by atoms with E-state index < -0.39 is 11.7 Å². The molecule has 2 aromatic heterocycles. The molecule has 10 heteroatoms. The van der Waals surface area contributed by atoms with Gasteiger partial charge in [-0.15, -0.1) is 0 Å². The third-order valence-corrected chi connectivity index (χ3v) is 7.00. The second kappa shape index (κ2) is 10.0. The number of nitrogens with zero attached hydrogens (tertiary/aromatic N) is 5. The Morgan fingerprint density at radius 1 is 0.857 bits per heavy atom. The lowest BCUT2D eigenvalue weighted by atomic mass is 10.1. The van der Waals surface area contributed by atoms with E-state index in [1.54, 1.807) is 4.90 Å². The number of hydrogen-bond donors (Lipinski definition) is 1. The smallest absolute Gasteiger partial charge is 0.355 e. The SMILES string of the molecule is FC(F)(F)c1cccnc1N1CCc2nc(N3CCCCC3)nc(Nc3ccc(Br)cc3)c2CC1. The summed E-state index contributed by atoms with van der Waals surface area (Å²) in [5.74, 6) is 1.38. The first-order valence-corrected chi connectivity index (χ1v) is 12.6. The first kappa shape index (κ1) is 23.8. The summed E-state index contributed by atoms with van der Waals surface area (Å²) in [7, 11) is 0. The van der Waals surface area contributed by atoms with Gasteiger partial charge in [0.1, 0.15) is 11.6 Å². The van der Waals surface area contributed by atoms with E-state index >= 15 is 0 Å². The second-order valence-corrected chi connectivity index (χ2v) is 9.75. The fraction of sp³-hybridized carbons (Fsp3) is 0.400. The molecule has 0 aliphatic carbocycles. The lowest BCUT2D eigenvalue weighted by Gasteiger charge is -2.28. The summed E-state index contributed by atoms with van der Waals surface area (Å²) < 4.78 is 41.9. The highest BCUT2D eigenvalue weighted by molar-refractivity contribution is 9.10. The number of aromatic nitrogens is 3. The molecule has 4 heterocycles. The van der Waals surface area contributed by atoms with Gasteiger partial charge in [0, 0.05) is 54.5 Å². The van der Waals surface area contributed by atoms with Crippen LogP contribution in [0.4, 0.5) is 36.4 Å². The first-order valence-electron chi connectivity index (χ1n) is 11.8. The summed E-state index contributed by atoms with van der Waals surface area (Å²) in [6.45, 7) is 2.62. The fourth-order valence-corrected chi connectivity index (χ4v) is 4.94. The van der Waals surface area contributed by atoms with Crippen molar-refractivity contribution in [1.82, 2.24) is 15.0 Å². The number of benzene rings is 1. The molecule has 0 bridgehead atoms. The number of piperidine rings is 1. The molecular weight excluding hydrogens is 521 g/mol. The van der Waals surface area contributed by atoms with Gasteiger partial charge in [0.15, 0.2) is 0 Å². The van der Waals surface area contributed by atoms with Crippen LogP contribution >= 0.6 is 15.9 Å². The Bertz CT molecular complexity index is 1180. The predicted octanol–water partition coefficient (Wildman–Crippen LogP) is 5.99.